The number of nitrogens with zero attached hydrogens (tertiary/aromatic N) is 1. The van der Waals surface area contributed by atoms with Crippen LogP contribution in [0.5, 0.6) is 0 Å². The van der Waals surface area contributed by atoms with Crippen LogP contribution >= 0.6 is 11.8 Å². The van der Waals surface area contributed by atoms with Crippen molar-refractivity contribution in [1.82, 2.24) is 0 Å². The molecule has 0 bridgehead atoms. The third-order valence-corrected chi connectivity index (χ3v) is 8.77. The second-order valence-electron chi connectivity index (χ2n) is 9.77. The van der Waals surface area contributed by atoms with Gasteiger partial charge in [0.2, 0.25) is 0 Å². The van der Waals surface area contributed by atoms with Crippen molar-refractivity contribution in [1.29, 1.82) is 0 Å². The van der Waals surface area contributed by atoms with Gasteiger partial charge in [0.05, 0.1) is 11.0 Å². The fourth-order valence-corrected chi connectivity index (χ4v) is 6.72. The number of thioether (sulfide) groups is 1. The van der Waals surface area contributed by atoms with Crippen molar-refractivity contribution >= 4 is 22.8 Å². The maximum atomic E-state index is 12.7. The van der Waals surface area contributed by atoms with Crippen molar-refractivity contribution in [3.8, 4) is 0 Å². The van der Waals surface area contributed by atoms with Gasteiger partial charge in [0.25, 0.3) is 0 Å². The molecular weight excluding hydrogens is 378 g/mol. The van der Waals surface area contributed by atoms with E-state index in [9.17, 15) is 4.79 Å². The lowest BCUT2D eigenvalue weighted by Gasteiger charge is -2.32. The Balaban J connectivity index is 1.34. The molecule has 0 aromatic heterocycles. The van der Waals surface area contributed by atoms with Crippen molar-refractivity contribution in [2.24, 2.45) is 28.7 Å². The van der Waals surface area contributed by atoms with E-state index in [1.54, 1.807) is 0 Å². The maximum Gasteiger partial charge on any atom is 0.309 e. The van der Waals surface area contributed by atoms with Crippen molar-refractivity contribution in [3.63, 3.8) is 0 Å². The van der Waals surface area contributed by atoms with Crippen molar-refractivity contribution in [2.45, 2.75) is 110 Å². The van der Waals surface area contributed by atoms with E-state index in [1.165, 1.54) is 62.2 Å². The number of hydrogen-bond acceptors (Lipinski definition) is 4. The van der Waals surface area contributed by atoms with Crippen LogP contribution in [0.4, 0.5) is 0 Å². The summed E-state index contributed by atoms with van der Waals surface area (Å²) in [6, 6.07) is 0. The van der Waals surface area contributed by atoms with Crippen LogP contribution in [0, 0.1) is 23.7 Å². The van der Waals surface area contributed by atoms with E-state index >= 15 is 0 Å². The highest BCUT2D eigenvalue weighted by Gasteiger charge is 2.33. The van der Waals surface area contributed by atoms with Gasteiger partial charge in [0, 0.05) is 18.2 Å². The van der Waals surface area contributed by atoms with Crippen LogP contribution in [0.25, 0.3) is 0 Å². The number of carbonyl (C=O) groups excluding carboxylic acids is 1. The van der Waals surface area contributed by atoms with Crippen molar-refractivity contribution in [2.75, 3.05) is 12.3 Å². The van der Waals surface area contributed by atoms with Crippen LogP contribution in [0.2, 0.25) is 0 Å². The van der Waals surface area contributed by atoms with Gasteiger partial charge in [-0.3, -0.25) is 9.79 Å². The zero-order valence-electron chi connectivity index (χ0n) is 18.9. The summed E-state index contributed by atoms with van der Waals surface area (Å²) < 4.78 is 5.92. The summed E-state index contributed by atoms with van der Waals surface area (Å²) in [6.45, 7) is 5.58. The number of rotatable bonds is 9. The van der Waals surface area contributed by atoms with E-state index in [0.717, 1.165) is 56.9 Å². The van der Waals surface area contributed by atoms with Crippen LogP contribution in [-0.2, 0) is 9.53 Å². The Morgan fingerprint density at radius 3 is 2.31 bits per heavy atom. The van der Waals surface area contributed by atoms with Crippen LogP contribution in [-0.4, -0.2) is 29.4 Å². The molecular formula is C25H43NO2S. The molecule has 0 spiro atoms. The van der Waals surface area contributed by atoms with E-state index in [4.69, 9.17) is 9.73 Å². The van der Waals surface area contributed by atoms with E-state index in [1.807, 2.05) is 11.8 Å². The van der Waals surface area contributed by atoms with Gasteiger partial charge in [0.1, 0.15) is 6.10 Å². The molecule has 29 heavy (non-hydrogen) atoms. The Bertz CT molecular complexity index is 519. The van der Waals surface area contributed by atoms with Gasteiger partial charge in [-0.25, -0.2) is 0 Å². The molecule has 2 aliphatic carbocycles. The summed E-state index contributed by atoms with van der Waals surface area (Å²) in [5.41, 5.74) is 0. The Morgan fingerprint density at radius 2 is 1.69 bits per heavy atom. The van der Waals surface area contributed by atoms with Gasteiger partial charge in [-0.15, -0.1) is 11.8 Å². The Morgan fingerprint density at radius 1 is 0.931 bits per heavy atom. The molecule has 0 amide bonds. The second-order valence-corrected chi connectivity index (χ2v) is 10.8. The molecule has 2 saturated carbocycles. The Kier molecular flexibility index (Phi) is 9.88. The third-order valence-electron chi connectivity index (χ3n) is 7.37. The number of esters is 1. The van der Waals surface area contributed by atoms with Gasteiger partial charge >= 0.3 is 5.97 Å². The highest BCUT2D eigenvalue weighted by Crippen LogP contribution is 2.37. The molecule has 1 heterocycles. The summed E-state index contributed by atoms with van der Waals surface area (Å²) >= 11 is 2.01. The Hall–Kier alpha value is -0.510. The number of hydrogen-bond donors (Lipinski definition) is 0. The predicted octanol–water partition coefficient (Wildman–Crippen LogP) is 7.04. The van der Waals surface area contributed by atoms with Crippen molar-refractivity contribution in [3.05, 3.63) is 0 Å². The maximum absolute atomic E-state index is 12.7. The fourth-order valence-electron chi connectivity index (χ4n) is 5.41. The minimum absolute atomic E-state index is 0.0941. The molecule has 3 rings (SSSR count). The third kappa shape index (κ3) is 7.29. The molecule has 0 aromatic rings. The number of unbranched alkanes of at least 4 members (excludes halogenated alkanes) is 2. The fraction of sp³-hybridized carbons (Fsp3) is 0.920. The first-order valence-corrected chi connectivity index (χ1v) is 13.6. The zero-order chi connectivity index (χ0) is 20.5. The van der Waals surface area contributed by atoms with Crippen LogP contribution < -0.4 is 0 Å². The van der Waals surface area contributed by atoms with Crippen LogP contribution in [0.15, 0.2) is 4.99 Å². The lowest BCUT2D eigenvalue weighted by atomic mass is 9.82. The summed E-state index contributed by atoms with van der Waals surface area (Å²) in [7, 11) is 0. The standard InChI is InChI=1S/C25H43NO2S/c1-3-5-6-8-20-17-26-24(29-18-20)21-11-13-22(14-12-21)25(27)28-23-15-9-19(7-4-2)10-16-23/h19-23H,3-18H2,1-2H3/t19?,20?,21-,22-,23?. The minimum atomic E-state index is 0.0941. The smallest absolute Gasteiger partial charge is 0.309 e. The van der Waals surface area contributed by atoms with Crippen LogP contribution in [0.1, 0.15) is 104 Å². The molecule has 3 nitrogen and oxygen atoms in total. The first-order valence-electron chi connectivity index (χ1n) is 12.6. The van der Waals surface area contributed by atoms with Gasteiger partial charge < -0.3 is 4.74 Å². The predicted molar refractivity (Wildman–Crippen MR) is 125 cm³/mol. The van der Waals surface area contributed by atoms with E-state index in [-0.39, 0.29) is 18.0 Å². The largest absolute Gasteiger partial charge is 0.462 e. The van der Waals surface area contributed by atoms with Crippen LogP contribution in [0.3, 0.4) is 0 Å². The lowest BCUT2D eigenvalue weighted by Crippen LogP contribution is -2.31. The van der Waals surface area contributed by atoms with Gasteiger partial charge in [0.15, 0.2) is 0 Å². The zero-order valence-corrected chi connectivity index (χ0v) is 19.7. The van der Waals surface area contributed by atoms with Gasteiger partial charge in [-0.05, 0) is 69.6 Å². The van der Waals surface area contributed by atoms with E-state index in [2.05, 4.69) is 13.8 Å². The Labute approximate surface area is 183 Å². The number of aliphatic imine (C=N–C) groups is 1. The highest BCUT2D eigenvalue weighted by molar-refractivity contribution is 8.14. The molecule has 0 N–H and O–H groups in total. The summed E-state index contributed by atoms with van der Waals surface area (Å²) in [5, 5.41) is 1.39. The molecule has 1 aliphatic heterocycles. The molecule has 3 aliphatic rings. The average Bonchev–Trinajstić information content (AvgIpc) is 2.76. The molecule has 0 saturated heterocycles. The summed E-state index contributed by atoms with van der Waals surface area (Å²) in [5.74, 6) is 3.74. The first-order chi connectivity index (χ1) is 14.2. The summed E-state index contributed by atoms with van der Waals surface area (Å²) in [6.07, 6.45) is 17.1. The van der Waals surface area contributed by atoms with Gasteiger partial charge in [-0.2, -0.15) is 0 Å². The highest BCUT2D eigenvalue weighted by atomic mass is 32.2. The first kappa shape index (κ1) is 23.2. The number of carbonyl (C=O) groups is 1. The SMILES string of the molecule is CCCCCC1CN=C([C@H]2CC[C@H](C(=O)OC3CCC(CCC)CC3)CC2)SC1. The molecule has 0 radical (unpaired) electrons. The molecule has 166 valence electrons. The monoisotopic (exact) mass is 421 g/mol. The quantitative estimate of drug-likeness (QED) is 0.296. The molecule has 1 atom stereocenters. The lowest BCUT2D eigenvalue weighted by molar-refractivity contribution is -0.157. The molecule has 0 aromatic carbocycles. The molecule has 1 unspecified atom stereocenters. The molecule has 2 fully saturated rings. The van der Waals surface area contributed by atoms with E-state index in [0.29, 0.717) is 5.92 Å². The van der Waals surface area contributed by atoms with E-state index < -0.39 is 0 Å². The minimum Gasteiger partial charge on any atom is -0.462 e. The summed E-state index contributed by atoms with van der Waals surface area (Å²) in [4.78, 5) is 17.6. The molecule has 4 heteroatoms. The van der Waals surface area contributed by atoms with Gasteiger partial charge in [-0.1, -0.05) is 46.0 Å². The normalized spacial score (nSPS) is 33.2. The number of ether oxygens (including phenoxy) is 1. The second kappa shape index (κ2) is 12.4. The topological polar surface area (TPSA) is 38.7 Å². The van der Waals surface area contributed by atoms with Crippen molar-refractivity contribution < 1.29 is 9.53 Å². The average molecular weight is 422 g/mol.